The Morgan fingerprint density at radius 3 is 1.81 bits per heavy atom. The average molecular weight is 316 g/mol. The molecule has 0 saturated carbocycles. The fourth-order valence-electron chi connectivity index (χ4n) is 1.15. The summed E-state index contributed by atoms with van der Waals surface area (Å²) in [5.74, 6) is -2.75. The highest BCUT2D eigenvalue weighted by Crippen LogP contribution is 2.30. The van der Waals surface area contributed by atoms with E-state index in [0.717, 1.165) is 0 Å². The number of halogens is 6. The number of rotatable bonds is 1. The van der Waals surface area contributed by atoms with Crippen molar-refractivity contribution in [1.29, 1.82) is 0 Å². The SMILES string of the molecule is NC(=O)N(OC(=O)C(F)(F)F)c1ccc(C(F)(F)F)cc1. The molecule has 0 heterocycles. The molecule has 1 rings (SSSR count). The van der Waals surface area contributed by atoms with Crippen LogP contribution in [0.5, 0.6) is 0 Å². The van der Waals surface area contributed by atoms with Crippen molar-refractivity contribution in [3.05, 3.63) is 29.8 Å². The number of carbonyl (C=O) groups is 2. The van der Waals surface area contributed by atoms with E-state index < -0.39 is 35.6 Å². The second-order valence-corrected chi connectivity index (χ2v) is 3.55. The maximum absolute atomic E-state index is 12.3. The van der Waals surface area contributed by atoms with Gasteiger partial charge in [0.15, 0.2) is 0 Å². The number of carbonyl (C=O) groups excluding carboxylic acids is 2. The van der Waals surface area contributed by atoms with Gasteiger partial charge in [0.1, 0.15) is 0 Å². The van der Waals surface area contributed by atoms with E-state index in [2.05, 4.69) is 4.84 Å². The summed E-state index contributed by atoms with van der Waals surface area (Å²) in [7, 11) is 0. The molecule has 0 unspecified atom stereocenters. The highest BCUT2D eigenvalue weighted by molar-refractivity contribution is 5.91. The van der Waals surface area contributed by atoms with Gasteiger partial charge in [0, 0.05) is 0 Å². The zero-order valence-corrected chi connectivity index (χ0v) is 9.83. The maximum atomic E-state index is 12.3. The monoisotopic (exact) mass is 316 g/mol. The van der Waals surface area contributed by atoms with E-state index in [4.69, 9.17) is 5.73 Å². The lowest BCUT2D eigenvalue weighted by Gasteiger charge is -2.19. The summed E-state index contributed by atoms with van der Waals surface area (Å²) in [5, 5.41) is -0.268. The molecule has 0 bridgehead atoms. The molecule has 0 atom stereocenters. The summed E-state index contributed by atoms with van der Waals surface area (Å²) in [6.45, 7) is 0. The molecule has 21 heavy (non-hydrogen) atoms. The van der Waals surface area contributed by atoms with Crippen LogP contribution in [-0.2, 0) is 15.8 Å². The van der Waals surface area contributed by atoms with Gasteiger partial charge in [-0.05, 0) is 24.3 Å². The third kappa shape index (κ3) is 4.26. The summed E-state index contributed by atoms with van der Waals surface area (Å²) in [6.07, 6.45) is -10.1. The van der Waals surface area contributed by atoms with E-state index in [-0.39, 0.29) is 5.06 Å². The summed E-state index contributed by atoms with van der Waals surface area (Å²) in [5.41, 5.74) is 3.02. The van der Waals surface area contributed by atoms with Gasteiger partial charge in [0.05, 0.1) is 11.3 Å². The van der Waals surface area contributed by atoms with Crippen molar-refractivity contribution in [2.24, 2.45) is 5.73 Å². The lowest BCUT2D eigenvalue weighted by Crippen LogP contribution is -2.41. The number of hydroxylamine groups is 1. The van der Waals surface area contributed by atoms with Crippen LogP contribution in [0.15, 0.2) is 24.3 Å². The predicted octanol–water partition coefficient (Wildman–Crippen LogP) is 2.61. The second-order valence-electron chi connectivity index (χ2n) is 3.55. The van der Waals surface area contributed by atoms with E-state index in [9.17, 15) is 35.9 Å². The van der Waals surface area contributed by atoms with Gasteiger partial charge < -0.3 is 10.6 Å². The molecule has 2 N–H and O–H groups in total. The highest BCUT2D eigenvalue weighted by Gasteiger charge is 2.43. The first-order valence-corrected chi connectivity index (χ1v) is 4.99. The number of anilines is 1. The standard InChI is InChI=1S/C10H6F6N2O3/c11-9(12,13)5-1-3-6(4-2-5)18(8(17)20)21-7(19)10(14,15)16/h1-4H,(H2,17,20). The fourth-order valence-corrected chi connectivity index (χ4v) is 1.15. The summed E-state index contributed by atoms with van der Waals surface area (Å²) >= 11 is 0. The molecule has 0 aromatic heterocycles. The zero-order chi connectivity index (χ0) is 16.4. The van der Waals surface area contributed by atoms with Crippen molar-refractivity contribution < 1.29 is 40.8 Å². The van der Waals surface area contributed by atoms with Crippen LogP contribution in [0, 0.1) is 0 Å². The Balaban J connectivity index is 3.02. The molecule has 5 nitrogen and oxygen atoms in total. The zero-order valence-electron chi connectivity index (χ0n) is 9.83. The van der Waals surface area contributed by atoms with Crippen LogP contribution >= 0.6 is 0 Å². The van der Waals surface area contributed by atoms with Crippen molar-refractivity contribution in [2.45, 2.75) is 12.4 Å². The highest BCUT2D eigenvalue weighted by atomic mass is 19.4. The number of primary amides is 1. The van der Waals surface area contributed by atoms with Crippen LogP contribution in [0.1, 0.15) is 5.56 Å². The molecule has 116 valence electrons. The maximum Gasteiger partial charge on any atom is 0.493 e. The molecule has 0 spiro atoms. The normalized spacial score (nSPS) is 11.9. The van der Waals surface area contributed by atoms with Crippen molar-refractivity contribution in [2.75, 3.05) is 5.06 Å². The fraction of sp³-hybridized carbons (Fsp3) is 0.200. The van der Waals surface area contributed by atoms with Crippen LogP contribution in [-0.4, -0.2) is 18.2 Å². The van der Waals surface area contributed by atoms with E-state index in [1.807, 2.05) is 0 Å². The molecule has 1 aromatic rings. The number of benzene rings is 1. The molecule has 0 aliphatic heterocycles. The van der Waals surface area contributed by atoms with Crippen LogP contribution in [0.2, 0.25) is 0 Å². The minimum absolute atomic E-state index is 0.268. The number of amides is 2. The molecular formula is C10H6F6N2O3. The minimum Gasteiger partial charge on any atom is -0.349 e. The van der Waals surface area contributed by atoms with Crippen LogP contribution < -0.4 is 10.8 Å². The van der Waals surface area contributed by atoms with Gasteiger partial charge in [0.25, 0.3) is 0 Å². The summed E-state index contributed by atoms with van der Waals surface area (Å²) < 4.78 is 72.9. The van der Waals surface area contributed by atoms with E-state index in [0.29, 0.717) is 24.3 Å². The number of urea groups is 1. The Bertz CT molecular complexity index is 537. The second kappa shape index (κ2) is 5.50. The van der Waals surface area contributed by atoms with E-state index in [1.54, 1.807) is 0 Å². The Morgan fingerprint density at radius 2 is 1.48 bits per heavy atom. The van der Waals surface area contributed by atoms with Gasteiger partial charge >= 0.3 is 24.4 Å². The predicted molar refractivity (Wildman–Crippen MR) is 55.7 cm³/mol. The van der Waals surface area contributed by atoms with Crippen molar-refractivity contribution in [3.63, 3.8) is 0 Å². The first-order valence-electron chi connectivity index (χ1n) is 4.99. The first-order chi connectivity index (χ1) is 9.43. The van der Waals surface area contributed by atoms with E-state index >= 15 is 0 Å². The molecule has 2 amide bonds. The van der Waals surface area contributed by atoms with Gasteiger partial charge in [-0.25, -0.2) is 9.59 Å². The Hall–Kier alpha value is -2.46. The number of alkyl halides is 6. The third-order valence-corrected chi connectivity index (χ3v) is 2.03. The smallest absolute Gasteiger partial charge is 0.349 e. The number of hydrogen-bond acceptors (Lipinski definition) is 3. The molecule has 0 fully saturated rings. The lowest BCUT2D eigenvalue weighted by molar-refractivity contribution is -0.199. The molecule has 0 saturated heterocycles. The Labute approximate surface area is 112 Å². The molecule has 0 aliphatic carbocycles. The molecule has 11 heteroatoms. The van der Waals surface area contributed by atoms with Gasteiger partial charge in [-0.15, -0.1) is 5.06 Å². The minimum atomic E-state index is -5.40. The van der Waals surface area contributed by atoms with Crippen LogP contribution in [0.4, 0.5) is 36.8 Å². The molecule has 0 radical (unpaired) electrons. The third-order valence-electron chi connectivity index (χ3n) is 2.03. The number of nitrogens with zero attached hydrogens (tertiary/aromatic N) is 1. The van der Waals surface area contributed by atoms with Gasteiger partial charge in [0.2, 0.25) is 0 Å². The quantitative estimate of drug-likeness (QED) is 0.639. The molecule has 1 aromatic carbocycles. The van der Waals surface area contributed by atoms with E-state index in [1.165, 1.54) is 0 Å². The van der Waals surface area contributed by atoms with Crippen LogP contribution in [0.25, 0.3) is 0 Å². The van der Waals surface area contributed by atoms with Crippen molar-refractivity contribution in [3.8, 4) is 0 Å². The summed E-state index contributed by atoms with van der Waals surface area (Å²) in [6, 6.07) is 0.584. The number of nitrogens with two attached hydrogens (primary N) is 1. The van der Waals surface area contributed by atoms with Gasteiger partial charge in [-0.2, -0.15) is 26.3 Å². The largest absolute Gasteiger partial charge is 0.493 e. The van der Waals surface area contributed by atoms with Crippen LogP contribution in [0.3, 0.4) is 0 Å². The molecule has 0 aliphatic rings. The topological polar surface area (TPSA) is 72.6 Å². The van der Waals surface area contributed by atoms with Gasteiger partial charge in [-0.1, -0.05) is 0 Å². The number of hydrogen-bond donors (Lipinski definition) is 1. The summed E-state index contributed by atoms with van der Waals surface area (Å²) in [4.78, 5) is 25.2. The Kier molecular flexibility index (Phi) is 4.35. The van der Waals surface area contributed by atoms with Crippen molar-refractivity contribution >= 4 is 17.7 Å². The Morgan fingerprint density at radius 1 is 1.00 bits per heavy atom. The lowest BCUT2D eigenvalue weighted by atomic mass is 10.2. The average Bonchev–Trinajstić information content (AvgIpc) is 2.33. The van der Waals surface area contributed by atoms with Gasteiger partial charge in [-0.3, -0.25) is 0 Å². The van der Waals surface area contributed by atoms with Crippen molar-refractivity contribution in [1.82, 2.24) is 0 Å². The first kappa shape index (κ1) is 16.6. The molecular weight excluding hydrogens is 310 g/mol.